The van der Waals surface area contributed by atoms with Gasteiger partial charge in [0.05, 0.1) is 12.6 Å². The van der Waals surface area contributed by atoms with Crippen LogP contribution in [-0.4, -0.2) is 25.2 Å². The minimum absolute atomic E-state index is 0.343. The fourth-order valence-corrected chi connectivity index (χ4v) is 2.08. The molecule has 0 unspecified atom stereocenters. The monoisotopic (exact) mass is 260 g/mol. The van der Waals surface area contributed by atoms with Gasteiger partial charge < -0.3 is 10.1 Å². The van der Waals surface area contributed by atoms with Crippen LogP contribution in [0.1, 0.15) is 23.6 Å². The fourth-order valence-electron chi connectivity index (χ4n) is 2.08. The molecule has 1 N–H and O–H groups in total. The van der Waals surface area contributed by atoms with Gasteiger partial charge in [-0.3, -0.25) is 4.79 Å². The molecule has 1 aromatic carbocycles. The number of esters is 1. The summed E-state index contributed by atoms with van der Waals surface area (Å²) < 4.78 is 5.08. The van der Waals surface area contributed by atoms with Crippen molar-refractivity contribution in [2.75, 3.05) is 13.2 Å². The SMILES string of the molecule is Cc1ccc([C@@H]2NCCCOC(=O)[C@@H]2N=[N+]=[N-])cc1. The third kappa shape index (κ3) is 3.24. The molecule has 100 valence electrons. The van der Waals surface area contributed by atoms with E-state index in [-0.39, 0.29) is 6.04 Å². The number of ether oxygens (including phenoxy) is 1. The Morgan fingerprint density at radius 3 is 2.84 bits per heavy atom. The Hall–Kier alpha value is -2.04. The summed E-state index contributed by atoms with van der Waals surface area (Å²) in [4.78, 5) is 14.6. The van der Waals surface area contributed by atoms with E-state index in [0.29, 0.717) is 13.2 Å². The van der Waals surface area contributed by atoms with E-state index >= 15 is 0 Å². The molecule has 0 bridgehead atoms. The summed E-state index contributed by atoms with van der Waals surface area (Å²) in [5, 5.41) is 6.85. The Labute approximate surface area is 111 Å². The fraction of sp³-hybridized carbons (Fsp3) is 0.462. The lowest BCUT2D eigenvalue weighted by Crippen LogP contribution is -2.40. The van der Waals surface area contributed by atoms with E-state index in [1.54, 1.807) is 0 Å². The lowest BCUT2D eigenvalue weighted by molar-refractivity contribution is -0.146. The number of carbonyl (C=O) groups excluding carboxylic acids is 1. The molecule has 0 aliphatic carbocycles. The van der Waals surface area contributed by atoms with Gasteiger partial charge in [-0.2, -0.15) is 0 Å². The first-order valence-corrected chi connectivity index (χ1v) is 6.23. The Morgan fingerprint density at radius 1 is 1.42 bits per heavy atom. The number of nitrogens with zero attached hydrogens (tertiary/aromatic N) is 3. The molecule has 1 aliphatic heterocycles. The second-order valence-electron chi connectivity index (χ2n) is 4.51. The summed E-state index contributed by atoms with van der Waals surface area (Å²) in [5.74, 6) is -0.476. The van der Waals surface area contributed by atoms with Crippen LogP contribution in [0.2, 0.25) is 0 Å². The number of benzene rings is 1. The van der Waals surface area contributed by atoms with Gasteiger partial charge in [-0.15, -0.1) is 0 Å². The predicted molar refractivity (Wildman–Crippen MR) is 70.4 cm³/mol. The number of aryl methyl sites for hydroxylation is 1. The van der Waals surface area contributed by atoms with Crippen LogP contribution in [0.5, 0.6) is 0 Å². The quantitative estimate of drug-likeness (QED) is 0.383. The first kappa shape index (κ1) is 13.4. The number of azide groups is 1. The van der Waals surface area contributed by atoms with E-state index in [2.05, 4.69) is 15.3 Å². The van der Waals surface area contributed by atoms with Crippen LogP contribution in [0, 0.1) is 6.92 Å². The van der Waals surface area contributed by atoms with Crippen molar-refractivity contribution in [2.45, 2.75) is 25.4 Å². The third-order valence-electron chi connectivity index (χ3n) is 3.10. The number of cyclic esters (lactones) is 1. The second kappa shape index (κ2) is 6.22. The first-order valence-electron chi connectivity index (χ1n) is 6.23. The van der Waals surface area contributed by atoms with Gasteiger partial charge in [0.2, 0.25) is 0 Å². The lowest BCUT2D eigenvalue weighted by atomic mass is 9.98. The maximum absolute atomic E-state index is 11.9. The van der Waals surface area contributed by atoms with Crippen LogP contribution >= 0.6 is 0 Å². The van der Waals surface area contributed by atoms with Crippen molar-refractivity contribution >= 4 is 5.97 Å². The predicted octanol–water partition coefficient (Wildman–Crippen LogP) is 2.25. The summed E-state index contributed by atoms with van der Waals surface area (Å²) in [7, 11) is 0. The van der Waals surface area contributed by atoms with Crippen molar-refractivity contribution in [1.82, 2.24) is 5.32 Å². The summed E-state index contributed by atoms with van der Waals surface area (Å²) >= 11 is 0. The van der Waals surface area contributed by atoms with Crippen molar-refractivity contribution in [3.8, 4) is 0 Å². The molecule has 1 fully saturated rings. The topological polar surface area (TPSA) is 87.1 Å². The van der Waals surface area contributed by atoms with Crippen LogP contribution in [0.25, 0.3) is 10.4 Å². The Morgan fingerprint density at radius 2 is 2.16 bits per heavy atom. The molecule has 1 heterocycles. The second-order valence-corrected chi connectivity index (χ2v) is 4.51. The van der Waals surface area contributed by atoms with Gasteiger partial charge in [-0.05, 0) is 31.0 Å². The number of hydrogen-bond donors (Lipinski definition) is 1. The van der Waals surface area contributed by atoms with Crippen LogP contribution in [0.3, 0.4) is 0 Å². The molecule has 2 atom stereocenters. The van der Waals surface area contributed by atoms with Crippen molar-refractivity contribution in [2.24, 2.45) is 5.11 Å². The highest BCUT2D eigenvalue weighted by Crippen LogP contribution is 2.22. The molecule has 0 amide bonds. The molecular formula is C13H16N4O2. The van der Waals surface area contributed by atoms with Crippen LogP contribution in [0.4, 0.5) is 0 Å². The average Bonchev–Trinajstić information content (AvgIpc) is 2.40. The molecular weight excluding hydrogens is 244 g/mol. The molecule has 6 nitrogen and oxygen atoms in total. The average molecular weight is 260 g/mol. The maximum Gasteiger partial charge on any atom is 0.316 e. The van der Waals surface area contributed by atoms with E-state index in [9.17, 15) is 4.79 Å². The smallest absolute Gasteiger partial charge is 0.316 e. The standard InChI is InChI=1S/C13H16N4O2/c1-9-3-5-10(6-4-9)11-12(16-17-14)13(18)19-8-2-7-15-11/h3-6,11-12,15H,2,7-8H2,1H3/t11-,12+/m0/s1. The first-order chi connectivity index (χ1) is 9.22. The zero-order chi connectivity index (χ0) is 13.7. The van der Waals surface area contributed by atoms with Crippen molar-refractivity contribution < 1.29 is 9.53 Å². The van der Waals surface area contributed by atoms with Gasteiger partial charge in [0.1, 0.15) is 0 Å². The highest BCUT2D eigenvalue weighted by Gasteiger charge is 2.31. The molecule has 0 radical (unpaired) electrons. The summed E-state index contributed by atoms with van der Waals surface area (Å²) in [6, 6.07) is 6.59. The molecule has 0 aromatic heterocycles. The van der Waals surface area contributed by atoms with E-state index in [4.69, 9.17) is 10.3 Å². The van der Waals surface area contributed by atoms with E-state index in [1.807, 2.05) is 31.2 Å². The van der Waals surface area contributed by atoms with E-state index in [0.717, 1.165) is 17.5 Å². The van der Waals surface area contributed by atoms with Gasteiger partial charge in [0, 0.05) is 4.91 Å². The van der Waals surface area contributed by atoms with Crippen LogP contribution < -0.4 is 5.32 Å². The van der Waals surface area contributed by atoms with Crippen molar-refractivity contribution in [3.05, 3.63) is 45.8 Å². The number of nitrogens with one attached hydrogen (secondary N) is 1. The molecule has 0 spiro atoms. The molecule has 1 aliphatic rings. The normalized spacial score (nSPS) is 23.7. The highest BCUT2D eigenvalue weighted by atomic mass is 16.5. The van der Waals surface area contributed by atoms with E-state index < -0.39 is 12.0 Å². The van der Waals surface area contributed by atoms with Gasteiger partial charge in [0.15, 0.2) is 6.04 Å². The summed E-state index contributed by atoms with van der Waals surface area (Å²) in [6.07, 6.45) is 0.747. The van der Waals surface area contributed by atoms with Crippen LogP contribution in [0.15, 0.2) is 29.4 Å². The molecule has 1 aromatic rings. The largest absolute Gasteiger partial charge is 0.465 e. The number of carbonyl (C=O) groups is 1. The van der Waals surface area contributed by atoms with Gasteiger partial charge in [0.25, 0.3) is 0 Å². The molecule has 2 rings (SSSR count). The third-order valence-corrected chi connectivity index (χ3v) is 3.10. The lowest BCUT2D eigenvalue weighted by Gasteiger charge is -2.26. The summed E-state index contributed by atoms with van der Waals surface area (Å²) in [5.41, 5.74) is 10.7. The zero-order valence-corrected chi connectivity index (χ0v) is 10.7. The molecule has 0 saturated carbocycles. The molecule has 6 heteroatoms. The Kier molecular flexibility index (Phi) is 4.39. The molecule has 19 heavy (non-hydrogen) atoms. The van der Waals surface area contributed by atoms with Gasteiger partial charge in [-0.1, -0.05) is 34.9 Å². The van der Waals surface area contributed by atoms with Gasteiger partial charge in [-0.25, -0.2) is 0 Å². The highest BCUT2D eigenvalue weighted by molar-refractivity contribution is 5.77. The molecule has 1 saturated heterocycles. The zero-order valence-electron chi connectivity index (χ0n) is 10.7. The Balaban J connectivity index is 2.32. The minimum atomic E-state index is -0.868. The van der Waals surface area contributed by atoms with Crippen LogP contribution in [-0.2, 0) is 9.53 Å². The number of hydrogen-bond acceptors (Lipinski definition) is 4. The van der Waals surface area contributed by atoms with Gasteiger partial charge >= 0.3 is 5.97 Å². The summed E-state index contributed by atoms with van der Waals surface area (Å²) in [6.45, 7) is 3.06. The maximum atomic E-state index is 11.9. The minimum Gasteiger partial charge on any atom is -0.465 e. The van der Waals surface area contributed by atoms with Crippen molar-refractivity contribution in [1.29, 1.82) is 0 Å². The van der Waals surface area contributed by atoms with Crippen molar-refractivity contribution in [3.63, 3.8) is 0 Å². The Bertz CT molecular complexity index is 494. The number of rotatable bonds is 2. The van der Waals surface area contributed by atoms with E-state index in [1.165, 1.54) is 0 Å².